The van der Waals surface area contributed by atoms with Crippen LogP contribution in [0.2, 0.25) is 0 Å². The van der Waals surface area contributed by atoms with Crippen molar-refractivity contribution in [1.82, 2.24) is 4.98 Å². The average Bonchev–Trinajstić information content (AvgIpc) is 2.50. The molecular weight excluding hydrogens is 384 g/mol. The molecule has 0 saturated carbocycles. The summed E-state index contributed by atoms with van der Waals surface area (Å²) in [5.74, 6) is -0.0364. The van der Waals surface area contributed by atoms with Gasteiger partial charge in [0.1, 0.15) is 5.78 Å². The summed E-state index contributed by atoms with van der Waals surface area (Å²) >= 11 is 1.24. The largest absolute Gasteiger partial charge is 0.370 e. The Kier molecular flexibility index (Phi) is 5.91. The van der Waals surface area contributed by atoms with Gasteiger partial charge in [-0.15, -0.1) is 0 Å². The van der Waals surface area contributed by atoms with Crippen LogP contribution in [-0.2, 0) is 37.1 Å². The van der Waals surface area contributed by atoms with E-state index in [4.69, 9.17) is 0 Å². The maximum absolute atomic E-state index is 11.0. The van der Waals surface area contributed by atoms with E-state index in [1.54, 1.807) is 7.05 Å². The third-order valence-electron chi connectivity index (χ3n) is 1.67. The van der Waals surface area contributed by atoms with Gasteiger partial charge in [0.25, 0.3) is 0 Å². The van der Waals surface area contributed by atoms with Crippen LogP contribution in [0.1, 0.15) is 19.5 Å². The number of ketones is 1. The Bertz CT molecular complexity index is 365. The number of carbonyl (C=O) groups is 2. The molecular formula is C9H11N2O2SW-. The van der Waals surface area contributed by atoms with Gasteiger partial charge in [0.2, 0.25) is 5.91 Å². The number of amides is 1. The van der Waals surface area contributed by atoms with Crippen LogP contribution in [0.5, 0.6) is 0 Å². The molecule has 1 aromatic rings. The molecule has 15 heavy (non-hydrogen) atoms. The zero-order valence-corrected chi connectivity index (χ0v) is 12.5. The molecule has 0 fully saturated rings. The molecule has 6 heteroatoms. The number of thiazole rings is 1. The molecule has 0 aromatic carbocycles. The molecule has 0 aliphatic carbocycles. The van der Waals surface area contributed by atoms with E-state index in [1.807, 2.05) is 0 Å². The summed E-state index contributed by atoms with van der Waals surface area (Å²) in [6, 6.07) is 0. The minimum Gasteiger partial charge on any atom is -0.370 e. The van der Waals surface area contributed by atoms with Crippen LogP contribution in [0.15, 0.2) is 0 Å². The zero-order chi connectivity index (χ0) is 10.7. The van der Waals surface area contributed by atoms with Crippen molar-refractivity contribution in [2.24, 2.45) is 0 Å². The molecule has 4 nitrogen and oxygen atoms in total. The van der Waals surface area contributed by atoms with E-state index in [2.05, 4.69) is 10.4 Å². The van der Waals surface area contributed by atoms with Crippen LogP contribution in [0.4, 0.5) is 5.13 Å². The summed E-state index contributed by atoms with van der Waals surface area (Å²) < 4.78 is 0. The second-order valence-corrected chi connectivity index (χ2v) is 3.78. The molecule has 0 spiro atoms. The Labute approximate surface area is 107 Å². The van der Waals surface area contributed by atoms with Gasteiger partial charge in [0.15, 0.2) is 0 Å². The quantitative estimate of drug-likeness (QED) is 0.720. The SMILES string of the molecule is CC(=O)Cc1[c-]sc(N(C)C(C)=O)n1.[W]. The Hall–Kier alpha value is -0.542. The molecule has 0 atom stereocenters. The summed E-state index contributed by atoms with van der Waals surface area (Å²) in [7, 11) is 1.65. The Morgan fingerprint density at radius 1 is 1.47 bits per heavy atom. The van der Waals surface area contributed by atoms with E-state index in [-0.39, 0.29) is 39.2 Å². The Balaban J connectivity index is 0.00000196. The molecule has 0 radical (unpaired) electrons. The predicted octanol–water partition coefficient (Wildman–Crippen LogP) is 1.05. The molecule has 82 valence electrons. The second-order valence-electron chi connectivity index (χ2n) is 3.00. The van der Waals surface area contributed by atoms with Gasteiger partial charge in [0.05, 0.1) is 0 Å². The maximum atomic E-state index is 11.0. The number of hydrogen-bond donors (Lipinski definition) is 0. The van der Waals surface area contributed by atoms with Crippen LogP contribution >= 0.6 is 11.3 Å². The van der Waals surface area contributed by atoms with Crippen molar-refractivity contribution in [2.45, 2.75) is 20.3 Å². The first-order valence-electron chi connectivity index (χ1n) is 4.12. The van der Waals surface area contributed by atoms with Gasteiger partial charge in [0, 0.05) is 39.5 Å². The number of Topliss-reactive ketones (excluding diaryl/α,β-unsaturated/α-hetero) is 1. The minimum absolute atomic E-state index is 0. The third-order valence-corrected chi connectivity index (χ3v) is 2.55. The van der Waals surface area contributed by atoms with Crippen LogP contribution < -0.4 is 4.90 Å². The molecule has 1 amide bonds. The van der Waals surface area contributed by atoms with Gasteiger partial charge in [-0.2, -0.15) is 5.38 Å². The Morgan fingerprint density at radius 2 is 2.07 bits per heavy atom. The molecule has 1 heterocycles. The summed E-state index contributed by atoms with van der Waals surface area (Å²) in [6.07, 6.45) is 0.280. The first-order chi connectivity index (χ1) is 6.50. The number of rotatable bonds is 3. The first kappa shape index (κ1) is 14.5. The van der Waals surface area contributed by atoms with Crippen molar-refractivity contribution in [2.75, 3.05) is 11.9 Å². The van der Waals surface area contributed by atoms with E-state index >= 15 is 0 Å². The van der Waals surface area contributed by atoms with Crippen LogP contribution in [0, 0.1) is 5.38 Å². The van der Waals surface area contributed by atoms with Gasteiger partial charge < -0.3 is 21.2 Å². The number of carbonyl (C=O) groups excluding carboxylic acids is 2. The molecule has 0 saturated heterocycles. The minimum atomic E-state index is -0.0814. The summed E-state index contributed by atoms with van der Waals surface area (Å²) in [5, 5.41) is 3.47. The predicted molar refractivity (Wildman–Crippen MR) is 54.4 cm³/mol. The summed E-state index contributed by atoms with van der Waals surface area (Å²) in [5.41, 5.74) is 0.602. The molecule has 0 N–H and O–H groups in total. The smallest absolute Gasteiger partial charge is 0.209 e. The topological polar surface area (TPSA) is 50.3 Å². The maximum Gasteiger partial charge on any atom is 0.209 e. The number of anilines is 1. The normalized spacial score (nSPS) is 9.27. The van der Waals surface area contributed by atoms with Crippen LogP contribution in [0.25, 0.3) is 0 Å². The summed E-state index contributed by atoms with van der Waals surface area (Å²) in [4.78, 5) is 27.3. The molecule has 1 rings (SSSR count). The van der Waals surface area contributed by atoms with Crippen LogP contribution in [-0.4, -0.2) is 23.7 Å². The van der Waals surface area contributed by atoms with E-state index < -0.39 is 0 Å². The third kappa shape index (κ3) is 4.22. The molecule has 0 unspecified atom stereocenters. The number of hydrogen-bond acceptors (Lipinski definition) is 4. The standard InChI is InChI=1S/C9H11N2O2S.W/c1-6(12)4-8-5-14-9(10-8)11(3)7(2)13;/h4H2,1-3H3;/q-1;. The van der Waals surface area contributed by atoms with E-state index in [9.17, 15) is 9.59 Å². The van der Waals surface area contributed by atoms with Crippen LogP contribution in [0.3, 0.4) is 0 Å². The van der Waals surface area contributed by atoms with Gasteiger partial charge >= 0.3 is 0 Å². The van der Waals surface area contributed by atoms with Gasteiger partial charge in [-0.25, -0.2) is 0 Å². The van der Waals surface area contributed by atoms with E-state index in [0.29, 0.717) is 10.8 Å². The monoisotopic (exact) mass is 395 g/mol. The molecule has 1 aromatic heterocycles. The van der Waals surface area contributed by atoms with Crippen molar-refractivity contribution in [3.8, 4) is 0 Å². The fourth-order valence-electron chi connectivity index (χ4n) is 0.855. The van der Waals surface area contributed by atoms with Crippen molar-refractivity contribution in [3.05, 3.63) is 11.1 Å². The molecule has 0 aliphatic rings. The number of aromatic nitrogens is 1. The molecule has 0 bridgehead atoms. The second kappa shape index (κ2) is 6.13. The number of nitrogens with zero attached hydrogens (tertiary/aromatic N) is 2. The van der Waals surface area contributed by atoms with E-state index in [1.165, 1.54) is 30.1 Å². The van der Waals surface area contributed by atoms with Crippen molar-refractivity contribution in [3.63, 3.8) is 0 Å². The summed E-state index contributed by atoms with van der Waals surface area (Å²) in [6.45, 7) is 2.97. The van der Waals surface area contributed by atoms with Gasteiger partial charge in [-0.3, -0.25) is 9.59 Å². The van der Waals surface area contributed by atoms with Gasteiger partial charge in [-0.1, -0.05) is 5.69 Å². The zero-order valence-electron chi connectivity index (χ0n) is 8.73. The van der Waals surface area contributed by atoms with Gasteiger partial charge in [-0.05, 0) is 14.0 Å². The fraction of sp³-hybridized carbons (Fsp3) is 0.444. The first-order valence-corrected chi connectivity index (χ1v) is 4.93. The molecule has 0 aliphatic heterocycles. The average molecular weight is 395 g/mol. The van der Waals surface area contributed by atoms with Crippen molar-refractivity contribution >= 4 is 28.2 Å². The Morgan fingerprint density at radius 3 is 2.53 bits per heavy atom. The van der Waals surface area contributed by atoms with Crippen molar-refractivity contribution < 1.29 is 30.7 Å². The van der Waals surface area contributed by atoms with Crippen molar-refractivity contribution in [1.29, 1.82) is 0 Å². The van der Waals surface area contributed by atoms with E-state index in [0.717, 1.165) is 0 Å². The fourth-order valence-corrected chi connectivity index (χ4v) is 1.60.